The van der Waals surface area contributed by atoms with Gasteiger partial charge < -0.3 is 10.1 Å². The van der Waals surface area contributed by atoms with Gasteiger partial charge in [-0.15, -0.1) is 0 Å². The van der Waals surface area contributed by atoms with Gasteiger partial charge in [0.2, 0.25) is 10.7 Å². The molecule has 0 aliphatic heterocycles. The number of ether oxygens (including phenoxy) is 1. The van der Waals surface area contributed by atoms with E-state index >= 15 is 0 Å². The highest BCUT2D eigenvalue weighted by molar-refractivity contribution is 9.10. The van der Waals surface area contributed by atoms with Crippen molar-refractivity contribution in [2.24, 2.45) is 0 Å². The van der Waals surface area contributed by atoms with Crippen LogP contribution in [0.4, 0.5) is 5.69 Å². The van der Waals surface area contributed by atoms with E-state index in [4.69, 9.17) is 22.1 Å². The van der Waals surface area contributed by atoms with Crippen molar-refractivity contribution in [1.82, 2.24) is 14.3 Å². The van der Waals surface area contributed by atoms with Crippen molar-refractivity contribution >= 4 is 39.7 Å². The summed E-state index contributed by atoms with van der Waals surface area (Å²) in [6, 6.07) is 23.0. The third-order valence-corrected chi connectivity index (χ3v) is 5.79. The van der Waals surface area contributed by atoms with Gasteiger partial charge in [0.15, 0.2) is 5.82 Å². The first-order valence-electron chi connectivity index (χ1n) is 9.91. The number of nitrogens with zero attached hydrogens (tertiary/aromatic N) is 3. The number of rotatable bonds is 6. The molecular weight excluding hydrogens is 488 g/mol. The van der Waals surface area contributed by atoms with Crippen molar-refractivity contribution in [3.8, 4) is 22.8 Å². The lowest BCUT2D eigenvalue weighted by Crippen LogP contribution is -2.19. The summed E-state index contributed by atoms with van der Waals surface area (Å²) in [7, 11) is 1.60. The van der Waals surface area contributed by atoms with E-state index in [0.29, 0.717) is 16.3 Å². The van der Waals surface area contributed by atoms with Crippen LogP contribution in [-0.4, -0.2) is 27.4 Å². The Balaban J connectivity index is 1.69. The molecule has 0 bridgehead atoms. The second-order valence-electron chi connectivity index (χ2n) is 7.22. The van der Waals surface area contributed by atoms with Crippen LogP contribution < -0.4 is 10.1 Å². The maximum atomic E-state index is 12.7. The molecule has 0 fully saturated rings. The second-order valence-corrected chi connectivity index (χ2v) is 8.50. The molecule has 0 saturated carbocycles. The van der Waals surface area contributed by atoms with Gasteiger partial charge in [-0.2, -0.15) is 5.10 Å². The predicted octanol–water partition coefficient (Wildman–Crippen LogP) is 5.79. The molecule has 32 heavy (non-hydrogen) atoms. The molecule has 0 aliphatic carbocycles. The molecule has 1 N–H and O–H groups in total. The molecule has 162 valence electrons. The summed E-state index contributed by atoms with van der Waals surface area (Å²) >= 11 is 9.21. The summed E-state index contributed by atoms with van der Waals surface area (Å²) in [4.78, 5) is 12.7. The van der Waals surface area contributed by atoms with E-state index in [9.17, 15) is 4.79 Å². The topological polar surface area (TPSA) is 61.1 Å². The van der Waals surface area contributed by atoms with E-state index in [1.165, 1.54) is 0 Å². The fraction of sp³-hybridized carbons (Fsp3) is 0.125. The summed E-state index contributed by atoms with van der Waals surface area (Å²) in [5, 5.41) is 7.58. The molecular formula is C24H21BrN4O2S. The Morgan fingerprint density at radius 1 is 1.09 bits per heavy atom. The van der Waals surface area contributed by atoms with Gasteiger partial charge in [-0.1, -0.05) is 40.2 Å². The van der Waals surface area contributed by atoms with Crippen LogP contribution in [0.15, 0.2) is 77.3 Å². The minimum atomic E-state index is -0.220. The number of anilines is 1. The monoisotopic (exact) mass is 508 g/mol. The fourth-order valence-corrected chi connectivity index (χ4v) is 3.87. The van der Waals surface area contributed by atoms with Crippen LogP contribution >= 0.6 is 28.1 Å². The zero-order valence-corrected chi connectivity index (χ0v) is 20.0. The highest BCUT2D eigenvalue weighted by atomic mass is 79.9. The molecule has 1 amide bonds. The van der Waals surface area contributed by atoms with Gasteiger partial charge in [-0.05, 0) is 73.2 Å². The summed E-state index contributed by atoms with van der Waals surface area (Å²) in [5.41, 5.74) is 3.58. The van der Waals surface area contributed by atoms with Crippen LogP contribution in [0.25, 0.3) is 17.1 Å². The van der Waals surface area contributed by atoms with E-state index in [2.05, 4.69) is 21.2 Å². The number of aromatic nitrogens is 3. The average molecular weight is 509 g/mol. The van der Waals surface area contributed by atoms with Gasteiger partial charge in [-0.25, -0.2) is 4.68 Å². The molecule has 4 aromatic rings. The van der Waals surface area contributed by atoms with Crippen molar-refractivity contribution in [2.45, 2.75) is 13.5 Å². The number of hydrogen-bond acceptors (Lipinski definition) is 4. The van der Waals surface area contributed by atoms with E-state index in [1.54, 1.807) is 36.1 Å². The van der Waals surface area contributed by atoms with Crippen molar-refractivity contribution in [3.05, 3.63) is 87.6 Å². The predicted molar refractivity (Wildman–Crippen MR) is 132 cm³/mol. The van der Waals surface area contributed by atoms with Crippen molar-refractivity contribution in [3.63, 3.8) is 0 Å². The highest BCUT2D eigenvalue weighted by Gasteiger charge is 2.16. The summed E-state index contributed by atoms with van der Waals surface area (Å²) in [5.74, 6) is 1.18. The van der Waals surface area contributed by atoms with Crippen LogP contribution in [0.3, 0.4) is 0 Å². The summed E-state index contributed by atoms with van der Waals surface area (Å²) < 4.78 is 10.0. The van der Waals surface area contributed by atoms with Gasteiger partial charge in [0.25, 0.3) is 0 Å². The average Bonchev–Trinajstić information content (AvgIpc) is 3.10. The first-order valence-corrected chi connectivity index (χ1v) is 11.1. The summed E-state index contributed by atoms with van der Waals surface area (Å²) in [6.07, 6.45) is 0. The van der Waals surface area contributed by atoms with Gasteiger partial charge in [-0.3, -0.25) is 9.36 Å². The Morgan fingerprint density at radius 2 is 1.81 bits per heavy atom. The van der Waals surface area contributed by atoms with Gasteiger partial charge >= 0.3 is 0 Å². The van der Waals surface area contributed by atoms with Gasteiger partial charge in [0.05, 0.1) is 12.8 Å². The lowest BCUT2D eigenvalue weighted by Gasteiger charge is -2.08. The third kappa shape index (κ3) is 4.81. The SMILES string of the molecule is COc1ccc(NC(=O)Cn2nc(-c3ccc(Br)cc3)n(-c3cccc(C)c3)c2=S)cc1. The highest BCUT2D eigenvalue weighted by Crippen LogP contribution is 2.25. The smallest absolute Gasteiger partial charge is 0.246 e. The van der Waals surface area contributed by atoms with Crippen molar-refractivity contribution in [2.75, 3.05) is 12.4 Å². The molecule has 1 heterocycles. The van der Waals surface area contributed by atoms with Crippen molar-refractivity contribution in [1.29, 1.82) is 0 Å². The molecule has 0 spiro atoms. The van der Waals surface area contributed by atoms with Gasteiger partial charge in [0.1, 0.15) is 12.3 Å². The lowest BCUT2D eigenvalue weighted by molar-refractivity contribution is -0.116. The number of nitrogens with one attached hydrogen (secondary N) is 1. The van der Waals surface area contributed by atoms with Crippen LogP contribution in [0.2, 0.25) is 0 Å². The number of halogens is 1. The Labute approximate surface area is 199 Å². The number of aryl methyl sites for hydroxylation is 1. The van der Waals surface area contributed by atoms with Crippen LogP contribution in [0.5, 0.6) is 5.75 Å². The van der Waals surface area contributed by atoms with E-state index in [-0.39, 0.29) is 12.5 Å². The van der Waals surface area contributed by atoms with E-state index < -0.39 is 0 Å². The number of carbonyl (C=O) groups is 1. The minimum Gasteiger partial charge on any atom is -0.497 e. The van der Waals surface area contributed by atoms with Gasteiger partial charge in [0, 0.05) is 15.7 Å². The maximum Gasteiger partial charge on any atom is 0.246 e. The molecule has 0 saturated heterocycles. The molecule has 0 aliphatic rings. The Morgan fingerprint density at radius 3 is 2.47 bits per heavy atom. The summed E-state index contributed by atoms with van der Waals surface area (Å²) in [6.45, 7) is 2.02. The first kappa shape index (κ1) is 22.0. The fourth-order valence-electron chi connectivity index (χ4n) is 3.31. The van der Waals surface area contributed by atoms with Crippen molar-refractivity contribution < 1.29 is 9.53 Å². The number of methoxy groups -OCH3 is 1. The molecule has 0 radical (unpaired) electrons. The largest absolute Gasteiger partial charge is 0.497 e. The number of amides is 1. The van der Waals surface area contributed by atoms with Crippen LogP contribution in [0, 0.1) is 11.7 Å². The normalized spacial score (nSPS) is 10.7. The van der Waals surface area contributed by atoms with E-state index in [1.807, 2.05) is 60.0 Å². The van der Waals surface area contributed by atoms with E-state index in [0.717, 1.165) is 27.0 Å². The van der Waals surface area contributed by atoms with Crippen LogP contribution in [-0.2, 0) is 11.3 Å². The lowest BCUT2D eigenvalue weighted by atomic mass is 10.2. The number of benzene rings is 3. The zero-order valence-electron chi connectivity index (χ0n) is 17.6. The Kier molecular flexibility index (Phi) is 6.53. The standard InChI is InChI=1S/C24H21BrN4O2S/c1-16-4-3-5-20(14-16)29-23(17-6-8-18(25)9-7-17)27-28(24(29)32)15-22(30)26-19-10-12-21(31-2)13-11-19/h3-14H,15H2,1-2H3,(H,26,30). The maximum absolute atomic E-state index is 12.7. The number of hydrogen-bond donors (Lipinski definition) is 1. The van der Waals surface area contributed by atoms with Crippen LogP contribution in [0.1, 0.15) is 5.56 Å². The third-order valence-electron chi connectivity index (χ3n) is 4.87. The molecule has 1 aromatic heterocycles. The molecule has 0 atom stereocenters. The first-order chi connectivity index (χ1) is 15.4. The Bertz CT molecular complexity index is 1310. The molecule has 4 rings (SSSR count). The quantitative estimate of drug-likeness (QED) is 0.335. The molecule has 0 unspecified atom stereocenters. The number of carbonyl (C=O) groups excluding carboxylic acids is 1. The minimum absolute atomic E-state index is 0.00674. The molecule has 8 heteroatoms. The second kappa shape index (κ2) is 9.50. The molecule has 6 nitrogen and oxygen atoms in total. The molecule has 3 aromatic carbocycles. The zero-order chi connectivity index (χ0) is 22.7. The Hall–Kier alpha value is -3.23.